The molecule has 24 heavy (non-hydrogen) atoms. The molecule has 0 aliphatic heterocycles. The second kappa shape index (κ2) is 7.50. The highest BCUT2D eigenvalue weighted by Gasteiger charge is 2.40. The summed E-state index contributed by atoms with van der Waals surface area (Å²) in [6.07, 6.45) is 8.33. The third kappa shape index (κ3) is 3.81. The fraction of sp³-hybridized carbons (Fsp3) is 0.739. The van der Waals surface area contributed by atoms with E-state index in [1.807, 2.05) is 12.1 Å². The van der Waals surface area contributed by atoms with E-state index >= 15 is 0 Å². The third-order valence-electron chi connectivity index (χ3n) is 7.24. The highest BCUT2D eigenvalue weighted by molar-refractivity contribution is 5.30. The average molecular weight is 329 g/mol. The molecule has 1 N–H and O–H groups in total. The maximum atomic E-state index is 9.75. The van der Waals surface area contributed by atoms with Gasteiger partial charge in [0.1, 0.15) is 5.75 Å². The van der Waals surface area contributed by atoms with Crippen LogP contribution in [0.25, 0.3) is 0 Å². The summed E-state index contributed by atoms with van der Waals surface area (Å²) in [6.45, 7) is 9.86. The van der Waals surface area contributed by atoms with Gasteiger partial charge in [-0.15, -0.1) is 0 Å². The van der Waals surface area contributed by atoms with Crippen molar-refractivity contribution in [2.45, 2.75) is 72.1 Å². The maximum absolute atomic E-state index is 9.75. The number of phenols is 1. The van der Waals surface area contributed by atoms with Crippen molar-refractivity contribution in [3.8, 4) is 5.75 Å². The van der Waals surface area contributed by atoms with Gasteiger partial charge in [0.05, 0.1) is 0 Å². The number of hydrogen-bond acceptors (Lipinski definition) is 1. The Balaban J connectivity index is 1.95. The molecule has 6 atom stereocenters. The van der Waals surface area contributed by atoms with E-state index in [-0.39, 0.29) is 0 Å². The molecule has 1 heteroatoms. The van der Waals surface area contributed by atoms with Gasteiger partial charge < -0.3 is 5.11 Å². The molecule has 0 radical (unpaired) electrons. The SMILES string of the molecule is CC1CCC(C)C(C(c2ccc(O)cc2)C2CC(C)CCC2C)C1. The lowest BCUT2D eigenvalue weighted by molar-refractivity contribution is 0.0863. The average Bonchev–Trinajstić information content (AvgIpc) is 2.56. The van der Waals surface area contributed by atoms with Gasteiger partial charge in [-0.25, -0.2) is 0 Å². The Bertz CT molecular complexity index is 493. The molecule has 1 nitrogen and oxygen atoms in total. The molecule has 0 saturated heterocycles. The van der Waals surface area contributed by atoms with Crippen LogP contribution in [0, 0.1) is 35.5 Å². The Morgan fingerprint density at radius 1 is 0.750 bits per heavy atom. The molecule has 0 heterocycles. The summed E-state index contributed by atoms with van der Waals surface area (Å²) < 4.78 is 0. The van der Waals surface area contributed by atoms with Crippen LogP contribution >= 0.6 is 0 Å². The van der Waals surface area contributed by atoms with Crippen LogP contribution in [0.1, 0.15) is 77.7 Å². The zero-order valence-electron chi connectivity index (χ0n) is 16.0. The summed E-state index contributed by atoms with van der Waals surface area (Å²) >= 11 is 0. The third-order valence-corrected chi connectivity index (χ3v) is 7.24. The number of benzene rings is 1. The lowest BCUT2D eigenvalue weighted by atomic mass is 9.59. The largest absolute Gasteiger partial charge is 0.508 e. The zero-order valence-corrected chi connectivity index (χ0v) is 16.0. The van der Waals surface area contributed by atoms with E-state index in [9.17, 15) is 5.11 Å². The minimum Gasteiger partial charge on any atom is -0.508 e. The van der Waals surface area contributed by atoms with Crippen molar-refractivity contribution < 1.29 is 5.11 Å². The molecule has 6 unspecified atom stereocenters. The first-order valence-corrected chi connectivity index (χ1v) is 10.2. The van der Waals surface area contributed by atoms with Crippen molar-refractivity contribution in [3.63, 3.8) is 0 Å². The lowest BCUT2D eigenvalue weighted by Gasteiger charge is -2.46. The second-order valence-corrected chi connectivity index (χ2v) is 9.24. The molecule has 2 fully saturated rings. The van der Waals surface area contributed by atoms with Crippen LogP contribution < -0.4 is 0 Å². The van der Waals surface area contributed by atoms with Gasteiger partial charge >= 0.3 is 0 Å². The molecular weight excluding hydrogens is 292 g/mol. The fourth-order valence-electron chi connectivity index (χ4n) is 5.66. The number of hydrogen-bond donors (Lipinski definition) is 1. The van der Waals surface area contributed by atoms with Crippen molar-refractivity contribution in [2.75, 3.05) is 0 Å². The molecule has 1 aromatic rings. The van der Waals surface area contributed by atoms with Crippen molar-refractivity contribution in [1.29, 1.82) is 0 Å². The van der Waals surface area contributed by atoms with E-state index in [1.165, 1.54) is 44.1 Å². The minimum atomic E-state index is 0.396. The highest BCUT2D eigenvalue weighted by atomic mass is 16.3. The molecule has 0 amide bonds. The Morgan fingerprint density at radius 2 is 1.21 bits per heavy atom. The van der Waals surface area contributed by atoms with Crippen molar-refractivity contribution >= 4 is 0 Å². The molecular formula is C23H36O. The van der Waals surface area contributed by atoms with Crippen LogP contribution in [0.15, 0.2) is 24.3 Å². The van der Waals surface area contributed by atoms with Gasteiger partial charge in [-0.1, -0.05) is 65.5 Å². The van der Waals surface area contributed by atoms with Gasteiger partial charge in [0.25, 0.3) is 0 Å². The van der Waals surface area contributed by atoms with Crippen molar-refractivity contribution in [1.82, 2.24) is 0 Å². The summed E-state index contributed by atoms with van der Waals surface area (Å²) in [4.78, 5) is 0. The van der Waals surface area contributed by atoms with Gasteiger partial charge in [0.2, 0.25) is 0 Å². The van der Waals surface area contributed by atoms with Gasteiger partial charge in [0, 0.05) is 0 Å². The predicted octanol–water partition coefficient (Wildman–Crippen LogP) is 6.62. The Labute approximate surface area is 148 Å². The van der Waals surface area contributed by atoms with E-state index in [0.717, 1.165) is 35.5 Å². The van der Waals surface area contributed by atoms with Crippen molar-refractivity contribution in [3.05, 3.63) is 29.8 Å². The normalized spacial score (nSPS) is 38.7. The van der Waals surface area contributed by atoms with E-state index < -0.39 is 0 Å². The summed E-state index contributed by atoms with van der Waals surface area (Å²) in [7, 11) is 0. The zero-order chi connectivity index (χ0) is 17.3. The molecule has 2 aliphatic rings. The molecule has 0 bridgehead atoms. The predicted molar refractivity (Wildman–Crippen MR) is 102 cm³/mol. The van der Waals surface area contributed by atoms with Crippen LogP contribution in [0.5, 0.6) is 5.75 Å². The highest BCUT2D eigenvalue weighted by Crippen LogP contribution is 2.51. The quantitative estimate of drug-likeness (QED) is 0.661. The maximum Gasteiger partial charge on any atom is 0.115 e. The first kappa shape index (κ1) is 17.8. The number of phenolic OH excluding ortho intramolecular Hbond substituents is 1. The standard InChI is InChI=1S/C23H36O/c1-15-5-7-17(3)21(13-15)23(19-9-11-20(24)12-10-19)22-14-16(2)6-8-18(22)4/h9-12,15-18,21-24H,5-8,13-14H2,1-4H3. The molecule has 1 aromatic carbocycles. The van der Waals surface area contributed by atoms with Crippen LogP contribution in [0.3, 0.4) is 0 Å². The minimum absolute atomic E-state index is 0.396. The van der Waals surface area contributed by atoms with Crippen LogP contribution in [-0.4, -0.2) is 5.11 Å². The molecule has 2 aliphatic carbocycles. The first-order chi connectivity index (χ1) is 11.5. The van der Waals surface area contributed by atoms with Gasteiger partial charge in [0.15, 0.2) is 0 Å². The fourth-order valence-corrected chi connectivity index (χ4v) is 5.66. The van der Waals surface area contributed by atoms with Gasteiger partial charge in [-0.05, 0) is 72.0 Å². The van der Waals surface area contributed by atoms with E-state index in [0.29, 0.717) is 11.7 Å². The van der Waals surface area contributed by atoms with E-state index in [2.05, 4.69) is 39.8 Å². The van der Waals surface area contributed by atoms with E-state index in [1.54, 1.807) is 0 Å². The summed E-state index contributed by atoms with van der Waals surface area (Å²) in [5.41, 5.74) is 1.48. The second-order valence-electron chi connectivity index (χ2n) is 9.24. The Hall–Kier alpha value is -0.980. The smallest absolute Gasteiger partial charge is 0.115 e. The van der Waals surface area contributed by atoms with Gasteiger partial charge in [-0.2, -0.15) is 0 Å². The summed E-state index contributed by atoms with van der Waals surface area (Å²) in [5, 5.41) is 9.75. The molecule has 134 valence electrons. The van der Waals surface area contributed by atoms with E-state index in [4.69, 9.17) is 0 Å². The topological polar surface area (TPSA) is 20.2 Å². The van der Waals surface area contributed by atoms with Crippen LogP contribution in [-0.2, 0) is 0 Å². The number of rotatable bonds is 3. The van der Waals surface area contributed by atoms with Crippen LogP contribution in [0.2, 0.25) is 0 Å². The number of aromatic hydroxyl groups is 1. The molecule has 0 spiro atoms. The first-order valence-electron chi connectivity index (χ1n) is 10.2. The summed E-state index contributed by atoms with van der Waals surface area (Å²) in [6, 6.07) is 8.21. The summed E-state index contributed by atoms with van der Waals surface area (Å²) in [5.74, 6) is 6.04. The van der Waals surface area contributed by atoms with Crippen molar-refractivity contribution in [2.24, 2.45) is 35.5 Å². The van der Waals surface area contributed by atoms with Crippen LogP contribution in [0.4, 0.5) is 0 Å². The Morgan fingerprint density at radius 3 is 1.67 bits per heavy atom. The lowest BCUT2D eigenvalue weighted by Crippen LogP contribution is -2.36. The monoisotopic (exact) mass is 328 g/mol. The van der Waals surface area contributed by atoms with Gasteiger partial charge in [-0.3, -0.25) is 0 Å². The molecule has 3 rings (SSSR count). The Kier molecular flexibility index (Phi) is 5.57. The molecule has 0 aromatic heterocycles. The molecule has 2 saturated carbocycles.